The smallest absolute Gasteiger partial charge is 0.335 e. The van der Waals surface area contributed by atoms with E-state index in [0.29, 0.717) is 20.7 Å². The molecule has 2 unspecified atom stereocenters. The van der Waals surface area contributed by atoms with Gasteiger partial charge >= 0.3 is 5.97 Å². The molecule has 0 aliphatic heterocycles. The molecule has 0 radical (unpaired) electrons. The highest BCUT2D eigenvalue weighted by Crippen LogP contribution is 2.32. The zero-order valence-electron chi connectivity index (χ0n) is 11.4. The van der Waals surface area contributed by atoms with E-state index >= 15 is 0 Å². The first-order chi connectivity index (χ1) is 9.86. The van der Waals surface area contributed by atoms with Crippen molar-refractivity contribution < 1.29 is 19.7 Å². The standard InChI is InChI=1S/C14H14ClNO4S/c1-7(17)8(2)20-11-4-9(3-10(5-11)14(18)19)13-16-6-12(15)21-13/h3-8,17H,1-2H3,(H,18,19). The molecule has 0 aliphatic rings. The van der Waals surface area contributed by atoms with Gasteiger partial charge in [0.2, 0.25) is 0 Å². The number of aliphatic hydroxyl groups excluding tert-OH is 1. The SMILES string of the molecule is CC(O)C(C)Oc1cc(C(=O)O)cc(-c2ncc(Cl)s2)c1. The van der Waals surface area contributed by atoms with E-state index in [9.17, 15) is 15.0 Å². The van der Waals surface area contributed by atoms with E-state index in [2.05, 4.69) is 4.98 Å². The van der Waals surface area contributed by atoms with E-state index in [0.717, 1.165) is 0 Å². The topological polar surface area (TPSA) is 79.7 Å². The third-order valence-electron chi connectivity index (χ3n) is 2.88. The summed E-state index contributed by atoms with van der Waals surface area (Å²) >= 11 is 7.11. The maximum absolute atomic E-state index is 11.2. The number of halogens is 1. The van der Waals surface area contributed by atoms with Crippen molar-refractivity contribution in [1.82, 2.24) is 4.98 Å². The molecule has 1 aromatic heterocycles. The molecule has 2 aromatic rings. The van der Waals surface area contributed by atoms with Crippen molar-refractivity contribution in [3.63, 3.8) is 0 Å². The summed E-state index contributed by atoms with van der Waals surface area (Å²) in [5, 5.41) is 19.3. The van der Waals surface area contributed by atoms with E-state index in [1.807, 2.05) is 0 Å². The summed E-state index contributed by atoms with van der Waals surface area (Å²) in [6.45, 7) is 3.31. The first-order valence-electron chi connectivity index (χ1n) is 6.21. The Labute approximate surface area is 130 Å². The van der Waals surface area contributed by atoms with E-state index in [1.165, 1.54) is 29.7 Å². The van der Waals surface area contributed by atoms with Gasteiger partial charge < -0.3 is 14.9 Å². The number of carboxylic acids is 1. The van der Waals surface area contributed by atoms with E-state index < -0.39 is 18.2 Å². The maximum Gasteiger partial charge on any atom is 0.335 e. The van der Waals surface area contributed by atoms with Crippen LogP contribution in [-0.2, 0) is 0 Å². The minimum Gasteiger partial charge on any atom is -0.488 e. The third-order valence-corrected chi connectivity index (χ3v) is 4.04. The largest absolute Gasteiger partial charge is 0.488 e. The van der Waals surface area contributed by atoms with Crippen molar-refractivity contribution >= 4 is 28.9 Å². The molecule has 0 amide bonds. The minimum atomic E-state index is -1.06. The van der Waals surface area contributed by atoms with Crippen LogP contribution in [-0.4, -0.2) is 33.4 Å². The molecular weight excluding hydrogens is 314 g/mol. The van der Waals surface area contributed by atoms with Gasteiger partial charge in [0.05, 0.1) is 17.9 Å². The van der Waals surface area contributed by atoms with Crippen LogP contribution >= 0.6 is 22.9 Å². The van der Waals surface area contributed by atoms with Crippen LogP contribution in [0, 0.1) is 0 Å². The second-order valence-corrected chi connectivity index (χ2v) is 6.25. The number of carboxylic acid groups (broad SMARTS) is 1. The number of aromatic nitrogens is 1. The highest BCUT2D eigenvalue weighted by molar-refractivity contribution is 7.18. The molecule has 0 bridgehead atoms. The molecule has 7 heteroatoms. The van der Waals surface area contributed by atoms with Crippen LogP contribution < -0.4 is 4.74 Å². The molecule has 21 heavy (non-hydrogen) atoms. The van der Waals surface area contributed by atoms with Crippen molar-refractivity contribution in [3.8, 4) is 16.3 Å². The van der Waals surface area contributed by atoms with Crippen molar-refractivity contribution in [1.29, 1.82) is 0 Å². The fourth-order valence-electron chi connectivity index (χ4n) is 1.62. The number of nitrogens with zero attached hydrogens (tertiary/aromatic N) is 1. The lowest BCUT2D eigenvalue weighted by Crippen LogP contribution is -2.25. The second kappa shape index (κ2) is 6.43. The first kappa shape index (κ1) is 15.8. The molecule has 1 aromatic carbocycles. The first-order valence-corrected chi connectivity index (χ1v) is 7.41. The number of thiazole rings is 1. The molecule has 0 saturated heterocycles. The molecule has 5 nitrogen and oxygen atoms in total. The zero-order chi connectivity index (χ0) is 15.6. The van der Waals surface area contributed by atoms with E-state index in [-0.39, 0.29) is 5.56 Å². The lowest BCUT2D eigenvalue weighted by atomic mass is 10.1. The molecule has 2 rings (SSSR count). The maximum atomic E-state index is 11.2. The predicted octanol–water partition coefficient (Wildman–Crippen LogP) is 3.31. The fraction of sp³-hybridized carbons (Fsp3) is 0.286. The van der Waals surface area contributed by atoms with Gasteiger partial charge in [0.25, 0.3) is 0 Å². The minimum absolute atomic E-state index is 0.0895. The molecular formula is C14H14ClNO4S. The molecule has 0 saturated carbocycles. The Morgan fingerprint density at radius 1 is 1.38 bits per heavy atom. The average molecular weight is 328 g/mol. The molecule has 0 fully saturated rings. The van der Waals surface area contributed by atoms with Gasteiger partial charge in [0.1, 0.15) is 21.2 Å². The monoisotopic (exact) mass is 327 g/mol. The van der Waals surface area contributed by atoms with Gasteiger partial charge in [-0.3, -0.25) is 0 Å². The number of aromatic carboxylic acids is 1. The van der Waals surface area contributed by atoms with Crippen LogP contribution in [0.3, 0.4) is 0 Å². The lowest BCUT2D eigenvalue weighted by molar-refractivity contribution is 0.0601. The molecule has 0 aliphatic carbocycles. The number of rotatable bonds is 5. The molecule has 1 heterocycles. The predicted molar refractivity (Wildman–Crippen MR) is 81.3 cm³/mol. The van der Waals surface area contributed by atoms with Crippen LogP contribution in [0.1, 0.15) is 24.2 Å². The summed E-state index contributed by atoms with van der Waals surface area (Å²) in [5.41, 5.74) is 0.700. The van der Waals surface area contributed by atoms with Gasteiger partial charge in [-0.1, -0.05) is 11.6 Å². The Balaban J connectivity index is 2.41. The molecule has 112 valence electrons. The van der Waals surface area contributed by atoms with Gasteiger partial charge in [-0.15, -0.1) is 11.3 Å². The van der Waals surface area contributed by atoms with Crippen molar-refractivity contribution in [3.05, 3.63) is 34.3 Å². The highest BCUT2D eigenvalue weighted by Gasteiger charge is 2.15. The molecule has 2 N–H and O–H groups in total. The van der Waals surface area contributed by atoms with Crippen molar-refractivity contribution in [2.75, 3.05) is 0 Å². The number of ether oxygens (including phenoxy) is 1. The summed E-state index contributed by atoms with van der Waals surface area (Å²) in [4.78, 5) is 15.3. The van der Waals surface area contributed by atoms with E-state index in [1.54, 1.807) is 19.9 Å². The van der Waals surface area contributed by atoms with Gasteiger partial charge in [0, 0.05) is 5.56 Å². The number of benzene rings is 1. The molecule has 0 spiro atoms. The van der Waals surface area contributed by atoms with Crippen LogP contribution in [0.2, 0.25) is 4.34 Å². The summed E-state index contributed by atoms with van der Waals surface area (Å²) in [5.74, 6) is -0.696. The Morgan fingerprint density at radius 3 is 2.62 bits per heavy atom. The third kappa shape index (κ3) is 3.93. The van der Waals surface area contributed by atoms with Gasteiger partial charge in [-0.25, -0.2) is 9.78 Å². The van der Waals surface area contributed by atoms with Gasteiger partial charge in [-0.2, -0.15) is 0 Å². The Bertz CT molecular complexity index is 656. The summed E-state index contributed by atoms with van der Waals surface area (Å²) in [6.07, 6.45) is 0.381. The Morgan fingerprint density at radius 2 is 2.10 bits per heavy atom. The summed E-state index contributed by atoms with van der Waals surface area (Å²) in [7, 11) is 0. The van der Waals surface area contributed by atoms with E-state index in [4.69, 9.17) is 16.3 Å². The normalized spacial score (nSPS) is 13.7. The molecule has 2 atom stereocenters. The van der Waals surface area contributed by atoms with Gasteiger partial charge in [0.15, 0.2) is 0 Å². The zero-order valence-corrected chi connectivity index (χ0v) is 13.0. The number of aliphatic hydroxyl groups is 1. The van der Waals surface area contributed by atoms with Gasteiger partial charge in [-0.05, 0) is 32.0 Å². The summed E-state index contributed by atoms with van der Waals surface area (Å²) in [6, 6.07) is 4.61. The Kier molecular flexibility index (Phi) is 4.82. The highest BCUT2D eigenvalue weighted by atomic mass is 35.5. The number of hydrogen-bond donors (Lipinski definition) is 2. The van der Waals surface area contributed by atoms with Crippen molar-refractivity contribution in [2.24, 2.45) is 0 Å². The van der Waals surface area contributed by atoms with Crippen LogP contribution in [0.5, 0.6) is 5.75 Å². The average Bonchev–Trinajstić information content (AvgIpc) is 2.85. The lowest BCUT2D eigenvalue weighted by Gasteiger charge is -2.18. The summed E-state index contributed by atoms with van der Waals surface area (Å²) < 4.78 is 6.09. The number of hydrogen-bond acceptors (Lipinski definition) is 5. The van der Waals surface area contributed by atoms with Crippen LogP contribution in [0.15, 0.2) is 24.4 Å². The second-order valence-electron chi connectivity index (χ2n) is 4.58. The fourth-order valence-corrected chi connectivity index (χ4v) is 2.51. The quantitative estimate of drug-likeness (QED) is 0.880. The van der Waals surface area contributed by atoms with Crippen molar-refractivity contribution in [2.45, 2.75) is 26.1 Å². The van der Waals surface area contributed by atoms with Crippen LogP contribution in [0.4, 0.5) is 0 Å². The Hall–Kier alpha value is -1.63. The van der Waals surface area contributed by atoms with Crippen LogP contribution in [0.25, 0.3) is 10.6 Å². The number of carbonyl (C=O) groups is 1.